The van der Waals surface area contributed by atoms with Gasteiger partial charge in [0, 0.05) is 0 Å². The third-order valence-corrected chi connectivity index (χ3v) is 0.844. The van der Waals surface area contributed by atoms with Gasteiger partial charge >= 0.3 is 0 Å². The molecule has 0 bridgehead atoms. The van der Waals surface area contributed by atoms with E-state index in [1.165, 1.54) is 0 Å². The molecule has 0 aromatic rings. The van der Waals surface area contributed by atoms with Gasteiger partial charge in [0.05, 0.1) is 26.4 Å². The molecule has 0 rings (SSSR count). The smallest absolute Gasteiger partial charge is 0.102 e. The minimum Gasteiger partial charge on any atom is -0.394 e. The molecule has 3 N–H and O–H groups in total. The number of aliphatic hydroxyl groups is 1. The molecule has 0 aromatic heterocycles. The van der Waals surface area contributed by atoms with Gasteiger partial charge in [0.2, 0.25) is 0 Å². The van der Waals surface area contributed by atoms with E-state index in [1.807, 2.05) is 0 Å². The Labute approximate surface area is 60.9 Å². The topological polar surface area (TPSA) is 64.7 Å². The molecule has 4 heteroatoms. The average Bonchev–Trinajstić information content (AvgIpc) is 1.87. The first-order chi connectivity index (χ1) is 4.77. The van der Waals surface area contributed by atoms with Gasteiger partial charge in [0.15, 0.2) is 0 Å². The Morgan fingerprint density at radius 3 is 2.60 bits per heavy atom. The van der Waals surface area contributed by atoms with E-state index < -0.39 is 0 Å². The third-order valence-electron chi connectivity index (χ3n) is 0.844. The molecule has 0 saturated heterocycles. The Balaban J connectivity index is 2.77. The molecule has 0 spiro atoms. The van der Waals surface area contributed by atoms with Crippen LogP contribution < -0.4 is 5.73 Å². The summed E-state index contributed by atoms with van der Waals surface area (Å²) in [6.45, 7) is 3.15. The van der Waals surface area contributed by atoms with Crippen molar-refractivity contribution in [3.05, 3.63) is 0 Å². The molecule has 0 amide bonds. The molecule has 0 aliphatic carbocycles. The van der Waals surface area contributed by atoms with Crippen molar-refractivity contribution in [1.82, 2.24) is 0 Å². The van der Waals surface area contributed by atoms with Gasteiger partial charge in [-0.2, -0.15) is 0 Å². The van der Waals surface area contributed by atoms with Crippen LogP contribution in [0, 0.1) is 0 Å². The Morgan fingerprint density at radius 1 is 1.40 bits per heavy atom. The summed E-state index contributed by atoms with van der Waals surface area (Å²) >= 11 is 0. The highest BCUT2D eigenvalue weighted by Crippen LogP contribution is 1.80. The maximum atomic E-state index is 8.28. The summed E-state index contributed by atoms with van der Waals surface area (Å²) in [7, 11) is 0. The van der Waals surface area contributed by atoms with Crippen LogP contribution in [0.4, 0.5) is 0 Å². The fourth-order valence-electron chi connectivity index (χ4n) is 0.460. The molecule has 0 saturated carbocycles. The second-order valence-electron chi connectivity index (χ2n) is 1.91. The fourth-order valence-corrected chi connectivity index (χ4v) is 0.460. The van der Waals surface area contributed by atoms with E-state index in [-0.39, 0.29) is 12.8 Å². The summed E-state index contributed by atoms with van der Waals surface area (Å²) in [4.78, 5) is 0. The molecule has 0 aliphatic heterocycles. The van der Waals surface area contributed by atoms with Gasteiger partial charge < -0.3 is 20.3 Å². The summed E-state index contributed by atoms with van der Waals surface area (Å²) in [5, 5.41) is 8.28. The Morgan fingerprint density at radius 2 is 2.10 bits per heavy atom. The first-order valence-electron chi connectivity index (χ1n) is 3.33. The lowest BCUT2D eigenvalue weighted by atomic mass is 10.6. The normalized spacial score (nSPS) is 13.5. The van der Waals surface area contributed by atoms with Gasteiger partial charge in [-0.15, -0.1) is 0 Å². The van der Waals surface area contributed by atoms with Crippen molar-refractivity contribution in [2.45, 2.75) is 13.2 Å². The molecule has 1 unspecified atom stereocenters. The second kappa shape index (κ2) is 6.95. The molecule has 10 heavy (non-hydrogen) atoms. The van der Waals surface area contributed by atoms with Crippen LogP contribution in [0.5, 0.6) is 0 Å². The molecular formula is C6H15NO3. The summed E-state index contributed by atoms with van der Waals surface area (Å²) in [6, 6.07) is 0. The number of hydrogen-bond acceptors (Lipinski definition) is 4. The molecule has 0 heterocycles. The standard InChI is InChI=1S/C6H15NO3/c1-6(7)10-5-4-9-3-2-8/h6,8H,2-5,7H2,1H3. The molecule has 62 valence electrons. The van der Waals surface area contributed by atoms with E-state index in [2.05, 4.69) is 0 Å². The zero-order valence-corrected chi connectivity index (χ0v) is 6.25. The third kappa shape index (κ3) is 7.84. The van der Waals surface area contributed by atoms with Crippen molar-refractivity contribution in [3.63, 3.8) is 0 Å². The summed E-state index contributed by atoms with van der Waals surface area (Å²) in [6.07, 6.45) is -0.238. The minimum atomic E-state index is -0.238. The minimum absolute atomic E-state index is 0.0537. The van der Waals surface area contributed by atoms with E-state index in [0.29, 0.717) is 19.8 Å². The van der Waals surface area contributed by atoms with E-state index >= 15 is 0 Å². The number of rotatable bonds is 6. The highest BCUT2D eigenvalue weighted by Gasteiger charge is 1.91. The van der Waals surface area contributed by atoms with Gasteiger partial charge in [-0.25, -0.2) is 0 Å². The van der Waals surface area contributed by atoms with Crippen LogP contribution in [-0.4, -0.2) is 37.8 Å². The van der Waals surface area contributed by atoms with E-state index in [4.69, 9.17) is 20.3 Å². The highest BCUT2D eigenvalue weighted by molar-refractivity contribution is 4.34. The van der Waals surface area contributed by atoms with Crippen LogP contribution in [0.1, 0.15) is 6.92 Å². The quantitative estimate of drug-likeness (QED) is 0.388. The average molecular weight is 149 g/mol. The van der Waals surface area contributed by atoms with Gasteiger partial charge in [-0.05, 0) is 6.92 Å². The molecule has 0 radical (unpaired) electrons. The largest absolute Gasteiger partial charge is 0.394 e. The first-order valence-corrected chi connectivity index (χ1v) is 3.33. The maximum Gasteiger partial charge on any atom is 0.102 e. The van der Waals surface area contributed by atoms with Gasteiger partial charge in [-0.1, -0.05) is 0 Å². The maximum absolute atomic E-state index is 8.28. The fraction of sp³-hybridized carbons (Fsp3) is 1.00. The lowest BCUT2D eigenvalue weighted by Gasteiger charge is -2.06. The van der Waals surface area contributed by atoms with Crippen LogP contribution >= 0.6 is 0 Å². The van der Waals surface area contributed by atoms with Crippen LogP contribution in [-0.2, 0) is 9.47 Å². The van der Waals surface area contributed by atoms with Crippen molar-refractivity contribution in [3.8, 4) is 0 Å². The molecule has 0 aromatic carbocycles. The van der Waals surface area contributed by atoms with Gasteiger partial charge in [0.25, 0.3) is 0 Å². The zero-order chi connectivity index (χ0) is 7.82. The number of aliphatic hydroxyl groups excluding tert-OH is 1. The monoisotopic (exact) mass is 149 g/mol. The summed E-state index contributed by atoms with van der Waals surface area (Å²) in [5.41, 5.74) is 5.28. The van der Waals surface area contributed by atoms with Crippen LogP contribution in [0.2, 0.25) is 0 Å². The van der Waals surface area contributed by atoms with E-state index in [1.54, 1.807) is 6.92 Å². The predicted octanol–water partition coefficient (Wildman–Crippen LogP) is -0.683. The molecular weight excluding hydrogens is 134 g/mol. The van der Waals surface area contributed by atoms with Crippen LogP contribution in [0.25, 0.3) is 0 Å². The molecule has 0 aliphatic rings. The van der Waals surface area contributed by atoms with Gasteiger partial charge in [0.1, 0.15) is 6.23 Å². The van der Waals surface area contributed by atoms with Gasteiger partial charge in [-0.3, -0.25) is 0 Å². The lowest BCUT2D eigenvalue weighted by molar-refractivity contribution is 0.00643. The zero-order valence-electron chi connectivity index (χ0n) is 6.25. The van der Waals surface area contributed by atoms with E-state index in [9.17, 15) is 0 Å². The number of ether oxygens (including phenoxy) is 2. The number of hydrogen-bond donors (Lipinski definition) is 2. The molecule has 0 fully saturated rings. The van der Waals surface area contributed by atoms with Crippen molar-refractivity contribution < 1.29 is 14.6 Å². The van der Waals surface area contributed by atoms with Crippen molar-refractivity contribution in [2.75, 3.05) is 26.4 Å². The summed E-state index contributed by atoms with van der Waals surface area (Å²) < 4.78 is 9.86. The molecule has 4 nitrogen and oxygen atoms in total. The molecule has 1 atom stereocenters. The van der Waals surface area contributed by atoms with Crippen molar-refractivity contribution in [1.29, 1.82) is 0 Å². The Hall–Kier alpha value is -0.160. The van der Waals surface area contributed by atoms with E-state index in [0.717, 1.165) is 0 Å². The number of nitrogens with two attached hydrogens (primary N) is 1. The summed E-state index contributed by atoms with van der Waals surface area (Å²) in [5.74, 6) is 0. The predicted molar refractivity (Wildman–Crippen MR) is 37.5 cm³/mol. The lowest BCUT2D eigenvalue weighted by Crippen LogP contribution is -2.21. The van der Waals surface area contributed by atoms with Crippen molar-refractivity contribution in [2.24, 2.45) is 5.73 Å². The van der Waals surface area contributed by atoms with Crippen LogP contribution in [0.3, 0.4) is 0 Å². The highest BCUT2D eigenvalue weighted by atomic mass is 16.5. The SMILES string of the molecule is CC(N)OCCOCCO. The first kappa shape index (κ1) is 9.84. The second-order valence-corrected chi connectivity index (χ2v) is 1.91. The van der Waals surface area contributed by atoms with Crippen molar-refractivity contribution >= 4 is 0 Å². The Bertz CT molecular complexity index is 68.0. The Kier molecular flexibility index (Phi) is 6.84. The van der Waals surface area contributed by atoms with Crippen LogP contribution in [0.15, 0.2) is 0 Å².